The SMILES string of the molecule is O=NC[C@]12CCCN1C/C(=C/F)C2. The lowest BCUT2D eigenvalue weighted by Gasteiger charge is -2.28. The van der Waals surface area contributed by atoms with Crippen LogP contribution in [-0.4, -0.2) is 30.1 Å². The minimum atomic E-state index is -0.125. The molecule has 0 aromatic heterocycles. The zero-order valence-corrected chi connectivity index (χ0v) is 7.50. The Balaban J connectivity index is 2.19. The largest absolute Gasteiger partial charge is 0.291 e. The lowest BCUT2D eigenvalue weighted by molar-refractivity contribution is 0.204. The van der Waals surface area contributed by atoms with Gasteiger partial charge in [-0.05, 0) is 31.4 Å². The van der Waals surface area contributed by atoms with E-state index in [1.165, 1.54) is 0 Å². The van der Waals surface area contributed by atoms with E-state index in [1.54, 1.807) is 0 Å². The molecule has 13 heavy (non-hydrogen) atoms. The van der Waals surface area contributed by atoms with Gasteiger partial charge in [-0.3, -0.25) is 4.90 Å². The van der Waals surface area contributed by atoms with Crippen molar-refractivity contribution in [2.24, 2.45) is 5.18 Å². The Bertz CT molecular complexity index is 254. The molecule has 1 atom stereocenters. The molecule has 2 rings (SSSR count). The molecule has 2 saturated heterocycles. The molecule has 0 spiro atoms. The van der Waals surface area contributed by atoms with E-state index in [0.29, 0.717) is 25.8 Å². The molecule has 2 heterocycles. The Hall–Kier alpha value is -0.770. The number of halogens is 1. The van der Waals surface area contributed by atoms with E-state index in [0.717, 1.165) is 25.0 Å². The molecule has 3 nitrogen and oxygen atoms in total. The lowest BCUT2D eigenvalue weighted by atomic mass is 9.93. The van der Waals surface area contributed by atoms with Gasteiger partial charge in [0.15, 0.2) is 0 Å². The summed E-state index contributed by atoms with van der Waals surface area (Å²) in [6.45, 7) is 1.98. The Labute approximate surface area is 76.6 Å². The molecule has 0 aromatic rings. The zero-order valence-electron chi connectivity index (χ0n) is 7.50. The Morgan fingerprint density at radius 2 is 2.54 bits per heavy atom. The fourth-order valence-electron chi connectivity index (χ4n) is 2.59. The van der Waals surface area contributed by atoms with Crippen LogP contribution in [-0.2, 0) is 0 Å². The summed E-state index contributed by atoms with van der Waals surface area (Å²) in [5, 5.41) is 2.98. The van der Waals surface area contributed by atoms with E-state index in [2.05, 4.69) is 10.1 Å². The molecule has 4 heteroatoms. The van der Waals surface area contributed by atoms with Crippen LogP contribution >= 0.6 is 0 Å². The first-order valence-corrected chi connectivity index (χ1v) is 4.63. The highest BCUT2D eigenvalue weighted by Gasteiger charge is 2.46. The molecule has 0 saturated carbocycles. The van der Waals surface area contributed by atoms with E-state index in [9.17, 15) is 9.30 Å². The molecular weight excluding hydrogens is 171 g/mol. The standard InChI is InChI=1S/C9H13FN2O/c10-5-8-4-9(7-11-13)2-1-3-12(9)6-8/h5H,1-4,6-7H2/b8-5+/t9-/m1/s1. The summed E-state index contributed by atoms with van der Waals surface area (Å²) in [5.41, 5.74) is 0.683. The first kappa shape index (κ1) is 8.81. The van der Waals surface area contributed by atoms with Gasteiger partial charge in [0.2, 0.25) is 0 Å². The van der Waals surface area contributed by atoms with Crippen LogP contribution < -0.4 is 0 Å². The van der Waals surface area contributed by atoms with Crippen LogP contribution in [0.1, 0.15) is 19.3 Å². The number of hydrogen-bond donors (Lipinski definition) is 0. The number of nitroso groups, excluding NO2 is 1. The minimum absolute atomic E-state index is 0.125. The summed E-state index contributed by atoms with van der Waals surface area (Å²) in [4.78, 5) is 12.5. The van der Waals surface area contributed by atoms with E-state index >= 15 is 0 Å². The van der Waals surface area contributed by atoms with Gasteiger partial charge in [0.05, 0.1) is 12.9 Å². The molecule has 2 aliphatic rings. The Morgan fingerprint density at radius 1 is 1.69 bits per heavy atom. The molecule has 0 N–H and O–H groups in total. The Kier molecular flexibility index (Phi) is 2.15. The number of nitrogens with zero attached hydrogens (tertiary/aromatic N) is 2. The smallest absolute Gasteiger partial charge is 0.0998 e. The first-order chi connectivity index (χ1) is 6.30. The minimum Gasteiger partial charge on any atom is -0.291 e. The third kappa shape index (κ3) is 1.29. The van der Waals surface area contributed by atoms with Crippen LogP contribution in [0.5, 0.6) is 0 Å². The van der Waals surface area contributed by atoms with Gasteiger partial charge in [-0.2, -0.15) is 4.91 Å². The molecule has 0 aliphatic carbocycles. The van der Waals surface area contributed by atoms with Gasteiger partial charge in [0, 0.05) is 12.1 Å². The van der Waals surface area contributed by atoms with E-state index in [-0.39, 0.29) is 5.54 Å². The van der Waals surface area contributed by atoms with Gasteiger partial charge in [-0.1, -0.05) is 5.18 Å². The second-order valence-electron chi connectivity index (χ2n) is 3.98. The lowest BCUT2D eigenvalue weighted by Crippen LogP contribution is -2.40. The van der Waals surface area contributed by atoms with E-state index < -0.39 is 0 Å². The van der Waals surface area contributed by atoms with Gasteiger partial charge in [-0.15, -0.1) is 0 Å². The summed E-state index contributed by atoms with van der Waals surface area (Å²) in [6.07, 6.45) is 3.46. The highest BCUT2D eigenvalue weighted by molar-refractivity contribution is 5.19. The summed E-state index contributed by atoms with van der Waals surface area (Å²) >= 11 is 0. The average Bonchev–Trinajstić information content (AvgIpc) is 2.60. The maximum atomic E-state index is 12.3. The highest BCUT2D eigenvalue weighted by atomic mass is 19.1. The fraction of sp³-hybridized carbons (Fsp3) is 0.778. The first-order valence-electron chi connectivity index (χ1n) is 4.63. The quantitative estimate of drug-likeness (QED) is 0.613. The molecule has 2 fully saturated rings. The molecule has 2 aliphatic heterocycles. The normalized spacial score (nSPS) is 36.8. The highest BCUT2D eigenvalue weighted by Crippen LogP contribution is 2.41. The third-order valence-electron chi connectivity index (χ3n) is 3.20. The van der Waals surface area contributed by atoms with Crippen molar-refractivity contribution in [1.29, 1.82) is 0 Å². The van der Waals surface area contributed by atoms with Gasteiger partial charge in [0.25, 0.3) is 0 Å². The maximum absolute atomic E-state index is 12.3. The van der Waals surface area contributed by atoms with Gasteiger partial charge >= 0.3 is 0 Å². The summed E-state index contributed by atoms with van der Waals surface area (Å²) in [6, 6.07) is 0. The number of hydrogen-bond acceptors (Lipinski definition) is 3. The summed E-state index contributed by atoms with van der Waals surface area (Å²) in [7, 11) is 0. The fourth-order valence-corrected chi connectivity index (χ4v) is 2.59. The van der Waals surface area contributed by atoms with Crippen LogP contribution in [0, 0.1) is 4.91 Å². The van der Waals surface area contributed by atoms with E-state index in [1.807, 2.05) is 0 Å². The van der Waals surface area contributed by atoms with Crippen molar-refractivity contribution in [1.82, 2.24) is 4.90 Å². The zero-order chi connectivity index (χ0) is 9.31. The summed E-state index contributed by atoms with van der Waals surface area (Å²) in [5.74, 6) is 0. The van der Waals surface area contributed by atoms with Gasteiger partial charge in [-0.25, -0.2) is 4.39 Å². The predicted octanol–water partition coefficient (Wildman–Crippen LogP) is 1.84. The molecule has 0 bridgehead atoms. The van der Waals surface area contributed by atoms with Crippen molar-refractivity contribution in [2.45, 2.75) is 24.8 Å². The van der Waals surface area contributed by atoms with Crippen molar-refractivity contribution < 1.29 is 4.39 Å². The topological polar surface area (TPSA) is 32.7 Å². The van der Waals surface area contributed by atoms with Crippen molar-refractivity contribution >= 4 is 0 Å². The third-order valence-corrected chi connectivity index (χ3v) is 3.20. The van der Waals surface area contributed by atoms with E-state index in [4.69, 9.17) is 0 Å². The van der Waals surface area contributed by atoms with Gasteiger partial charge < -0.3 is 0 Å². The van der Waals surface area contributed by atoms with Gasteiger partial charge in [0.1, 0.15) is 0 Å². The predicted molar refractivity (Wildman–Crippen MR) is 48.0 cm³/mol. The van der Waals surface area contributed by atoms with Crippen LogP contribution in [0.3, 0.4) is 0 Å². The average molecular weight is 184 g/mol. The maximum Gasteiger partial charge on any atom is 0.0998 e. The molecule has 72 valence electrons. The Morgan fingerprint density at radius 3 is 3.23 bits per heavy atom. The van der Waals surface area contributed by atoms with Crippen LogP contribution in [0.15, 0.2) is 17.1 Å². The molecular formula is C9H13FN2O. The van der Waals surface area contributed by atoms with Crippen LogP contribution in [0.2, 0.25) is 0 Å². The number of rotatable bonds is 2. The van der Waals surface area contributed by atoms with Crippen LogP contribution in [0.25, 0.3) is 0 Å². The van der Waals surface area contributed by atoms with Crippen molar-refractivity contribution in [3.8, 4) is 0 Å². The molecule has 0 amide bonds. The molecule has 0 unspecified atom stereocenters. The molecule has 0 aromatic carbocycles. The second kappa shape index (κ2) is 3.18. The monoisotopic (exact) mass is 184 g/mol. The van der Waals surface area contributed by atoms with Crippen LogP contribution in [0.4, 0.5) is 4.39 Å². The van der Waals surface area contributed by atoms with Crippen molar-refractivity contribution in [3.63, 3.8) is 0 Å². The number of fused-ring (bicyclic) bond motifs is 1. The van der Waals surface area contributed by atoms with Crippen molar-refractivity contribution in [2.75, 3.05) is 19.6 Å². The summed E-state index contributed by atoms with van der Waals surface area (Å²) < 4.78 is 12.3. The molecule has 0 radical (unpaired) electrons. The second-order valence-corrected chi connectivity index (χ2v) is 3.98. The van der Waals surface area contributed by atoms with Crippen molar-refractivity contribution in [3.05, 3.63) is 16.8 Å².